The Balaban J connectivity index is 1.63. The van der Waals surface area contributed by atoms with Crippen LogP contribution in [-0.4, -0.2) is 31.0 Å². The van der Waals surface area contributed by atoms with Gasteiger partial charge in [0, 0.05) is 5.39 Å². The third-order valence-electron chi connectivity index (χ3n) is 6.04. The summed E-state index contributed by atoms with van der Waals surface area (Å²) in [6, 6.07) is 19.7. The molecule has 2 aromatic heterocycles. The minimum absolute atomic E-state index is 0.0905. The third kappa shape index (κ3) is 4.04. The lowest BCUT2D eigenvalue weighted by Gasteiger charge is -2.34. The van der Waals surface area contributed by atoms with Crippen LogP contribution in [0.3, 0.4) is 0 Å². The maximum absolute atomic E-state index is 13.0. The molecular formula is C26H26N2O3S. The summed E-state index contributed by atoms with van der Waals surface area (Å²) in [6.07, 6.45) is 3.56. The number of hydrogen-bond acceptors (Lipinski definition) is 5. The smallest absolute Gasteiger partial charge is 0.265 e. The Morgan fingerprint density at radius 3 is 2.53 bits per heavy atom. The largest absolute Gasteiger partial charge is 0.497 e. The highest BCUT2D eigenvalue weighted by Crippen LogP contribution is 2.41. The van der Waals surface area contributed by atoms with Crippen molar-refractivity contribution in [1.82, 2.24) is 4.90 Å². The number of methoxy groups -OCH3 is 1. The molecule has 5 rings (SSSR count). The van der Waals surface area contributed by atoms with Gasteiger partial charge in [0.25, 0.3) is 5.91 Å². The number of amides is 1. The van der Waals surface area contributed by atoms with Crippen LogP contribution in [0.15, 0.2) is 70.5 Å². The maximum atomic E-state index is 13.0. The second kappa shape index (κ2) is 9.18. The topological polar surface area (TPSA) is 54.7 Å². The van der Waals surface area contributed by atoms with E-state index >= 15 is 0 Å². The first-order valence-corrected chi connectivity index (χ1v) is 11.9. The van der Waals surface area contributed by atoms with Gasteiger partial charge in [0.1, 0.15) is 17.1 Å². The van der Waals surface area contributed by atoms with Crippen molar-refractivity contribution in [3.05, 3.63) is 82.2 Å². The van der Waals surface area contributed by atoms with E-state index in [0.29, 0.717) is 4.88 Å². The minimum atomic E-state index is -0.111. The number of carbonyl (C=O) groups excluding carboxylic acids is 1. The zero-order valence-corrected chi connectivity index (χ0v) is 18.9. The molecule has 4 aromatic rings. The predicted molar refractivity (Wildman–Crippen MR) is 129 cm³/mol. The Morgan fingerprint density at radius 1 is 1.03 bits per heavy atom. The van der Waals surface area contributed by atoms with Gasteiger partial charge in [0.2, 0.25) is 0 Å². The highest BCUT2D eigenvalue weighted by Gasteiger charge is 2.31. The van der Waals surface area contributed by atoms with Crippen LogP contribution in [0.1, 0.15) is 46.3 Å². The average molecular weight is 447 g/mol. The lowest BCUT2D eigenvalue weighted by molar-refractivity contribution is 0.102. The first kappa shape index (κ1) is 20.8. The molecule has 0 aliphatic carbocycles. The van der Waals surface area contributed by atoms with Crippen LogP contribution < -0.4 is 10.1 Å². The molecule has 1 fully saturated rings. The molecule has 0 saturated carbocycles. The third-order valence-corrected chi connectivity index (χ3v) is 6.91. The monoisotopic (exact) mass is 446 g/mol. The van der Waals surface area contributed by atoms with Crippen LogP contribution in [0, 0.1) is 0 Å². The van der Waals surface area contributed by atoms with E-state index in [0.717, 1.165) is 59.7 Å². The number of hydrogen-bond donors (Lipinski definition) is 1. The lowest BCUT2D eigenvalue weighted by Crippen LogP contribution is -2.34. The minimum Gasteiger partial charge on any atom is -0.497 e. The van der Waals surface area contributed by atoms with E-state index in [2.05, 4.69) is 22.3 Å². The van der Waals surface area contributed by atoms with Gasteiger partial charge in [0.05, 0.1) is 23.7 Å². The highest BCUT2D eigenvalue weighted by atomic mass is 32.1. The molecule has 1 amide bonds. The summed E-state index contributed by atoms with van der Waals surface area (Å²) in [7, 11) is 1.68. The normalized spacial score (nSPS) is 15.5. The molecule has 6 heteroatoms. The van der Waals surface area contributed by atoms with Gasteiger partial charge in [-0.25, -0.2) is 0 Å². The Bertz CT molecular complexity index is 1190. The summed E-state index contributed by atoms with van der Waals surface area (Å²) in [5.41, 5.74) is 2.66. The Morgan fingerprint density at radius 2 is 1.81 bits per heavy atom. The van der Waals surface area contributed by atoms with E-state index in [4.69, 9.17) is 9.15 Å². The van der Waals surface area contributed by atoms with E-state index in [9.17, 15) is 4.79 Å². The quantitative estimate of drug-likeness (QED) is 0.376. The number of ether oxygens (including phenoxy) is 1. The molecule has 0 spiro atoms. The molecule has 3 heterocycles. The van der Waals surface area contributed by atoms with Crippen LogP contribution in [0.25, 0.3) is 11.0 Å². The maximum Gasteiger partial charge on any atom is 0.265 e. The molecule has 1 atom stereocenters. The fourth-order valence-electron chi connectivity index (χ4n) is 4.46. The molecule has 1 saturated heterocycles. The van der Waals surface area contributed by atoms with E-state index < -0.39 is 0 Å². The fraction of sp³-hybridized carbons (Fsp3) is 0.269. The summed E-state index contributed by atoms with van der Waals surface area (Å²) in [5, 5.41) is 6.01. The first-order chi connectivity index (χ1) is 15.7. The summed E-state index contributed by atoms with van der Waals surface area (Å²) in [4.78, 5) is 16.2. The average Bonchev–Trinajstić information content (AvgIpc) is 3.50. The van der Waals surface area contributed by atoms with Crippen LogP contribution >= 0.6 is 11.3 Å². The number of anilines is 1. The molecule has 32 heavy (non-hydrogen) atoms. The second-order valence-corrected chi connectivity index (χ2v) is 8.99. The van der Waals surface area contributed by atoms with Crippen molar-refractivity contribution in [2.75, 3.05) is 25.5 Å². The van der Waals surface area contributed by atoms with E-state index in [1.165, 1.54) is 17.8 Å². The Labute approximate surface area is 191 Å². The first-order valence-electron chi connectivity index (χ1n) is 11.0. The number of para-hydroxylation sites is 1. The number of thiophene rings is 1. The molecule has 1 N–H and O–H groups in total. The summed E-state index contributed by atoms with van der Waals surface area (Å²) in [6.45, 7) is 1.98. The highest BCUT2D eigenvalue weighted by molar-refractivity contribution is 7.12. The van der Waals surface area contributed by atoms with Gasteiger partial charge in [-0.3, -0.25) is 9.69 Å². The number of piperidine rings is 1. The van der Waals surface area contributed by atoms with Gasteiger partial charge >= 0.3 is 0 Å². The molecule has 0 unspecified atom stereocenters. The fourth-order valence-corrected chi connectivity index (χ4v) is 5.08. The van der Waals surface area contributed by atoms with Crippen LogP contribution in [-0.2, 0) is 0 Å². The number of rotatable bonds is 6. The summed E-state index contributed by atoms with van der Waals surface area (Å²) in [5.74, 6) is 1.49. The van der Waals surface area contributed by atoms with Crippen molar-refractivity contribution >= 4 is 33.9 Å². The number of carbonyl (C=O) groups is 1. The van der Waals surface area contributed by atoms with Crippen molar-refractivity contribution < 1.29 is 13.9 Å². The van der Waals surface area contributed by atoms with E-state index in [1.807, 2.05) is 53.9 Å². The SMILES string of the molecule is COc1ccc([C@H](c2oc3ccccc3c2NC(=O)c2cccs2)N2CCCCC2)cc1. The predicted octanol–water partition coefficient (Wildman–Crippen LogP) is 6.33. The molecule has 5 nitrogen and oxygen atoms in total. The lowest BCUT2D eigenvalue weighted by atomic mass is 9.98. The Kier molecular flexibility index (Phi) is 5.97. The Hall–Kier alpha value is -3.09. The van der Waals surface area contributed by atoms with Gasteiger partial charge in [-0.15, -0.1) is 11.3 Å². The van der Waals surface area contributed by atoms with Crippen LogP contribution in [0.5, 0.6) is 5.75 Å². The van der Waals surface area contributed by atoms with E-state index in [1.54, 1.807) is 7.11 Å². The molecule has 1 aliphatic rings. The molecule has 0 radical (unpaired) electrons. The number of furan rings is 1. The zero-order chi connectivity index (χ0) is 21.9. The molecule has 2 aromatic carbocycles. The number of nitrogens with one attached hydrogen (secondary N) is 1. The zero-order valence-electron chi connectivity index (χ0n) is 18.0. The van der Waals surface area contributed by atoms with Crippen molar-refractivity contribution in [2.24, 2.45) is 0 Å². The summed E-state index contributed by atoms with van der Waals surface area (Å²) < 4.78 is 11.8. The van der Waals surface area contributed by atoms with Gasteiger partial charge < -0.3 is 14.5 Å². The van der Waals surface area contributed by atoms with E-state index in [-0.39, 0.29) is 11.9 Å². The van der Waals surface area contributed by atoms with Crippen LogP contribution in [0.4, 0.5) is 5.69 Å². The number of benzene rings is 2. The van der Waals surface area contributed by atoms with Crippen molar-refractivity contribution in [1.29, 1.82) is 0 Å². The van der Waals surface area contributed by atoms with Gasteiger partial charge in [-0.1, -0.05) is 36.8 Å². The molecule has 0 bridgehead atoms. The van der Waals surface area contributed by atoms with Gasteiger partial charge in [-0.2, -0.15) is 0 Å². The van der Waals surface area contributed by atoms with Crippen molar-refractivity contribution in [3.63, 3.8) is 0 Å². The molecular weight excluding hydrogens is 420 g/mol. The van der Waals surface area contributed by atoms with Crippen molar-refractivity contribution in [2.45, 2.75) is 25.3 Å². The van der Waals surface area contributed by atoms with Gasteiger partial charge in [0.15, 0.2) is 0 Å². The number of nitrogens with zero attached hydrogens (tertiary/aromatic N) is 1. The van der Waals surface area contributed by atoms with Gasteiger partial charge in [-0.05, 0) is 67.2 Å². The number of likely N-dealkylation sites (tertiary alicyclic amines) is 1. The standard InChI is InChI=1S/C26H26N2O3S/c1-30-19-13-11-18(12-14-19)24(28-15-5-2-6-16-28)25-23(20-8-3-4-9-21(20)31-25)27-26(29)22-10-7-17-32-22/h3-4,7-14,17,24H,2,5-6,15-16H2,1H3,(H,27,29)/t24-/m1/s1. The van der Waals surface area contributed by atoms with Crippen molar-refractivity contribution in [3.8, 4) is 5.75 Å². The molecule has 164 valence electrons. The second-order valence-electron chi connectivity index (χ2n) is 8.04. The number of fused-ring (bicyclic) bond motifs is 1. The molecule has 1 aliphatic heterocycles. The van der Waals surface area contributed by atoms with Crippen LogP contribution in [0.2, 0.25) is 0 Å². The summed E-state index contributed by atoms with van der Waals surface area (Å²) >= 11 is 1.43.